The minimum atomic E-state index is -0.366. The molecule has 0 aromatic carbocycles. The molecule has 1 rings (SSSR count). The maximum Gasteiger partial charge on any atom is 0.333 e. The van der Waals surface area contributed by atoms with Crippen molar-refractivity contribution in [2.45, 2.75) is 20.0 Å². The predicted octanol–water partition coefficient (Wildman–Crippen LogP) is 2.26. The Hall–Kier alpha value is -1.64. The van der Waals surface area contributed by atoms with E-state index in [1.807, 2.05) is 19.1 Å². The third-order valence-electron chi connectivity index (χ3n) is 1.81. The lowest BCUT2D eigenvalue weighted by Gasteiger charge is -2.12. The number of hydrogen-bond donors (Lipinski definition) is 0. The Bertz CT molecular complexity index is 332. The van der Waals surface area contributed by atoms with Gasteiger partial charge in [0.1, 0.15) is 6.10 Å². The molecule has 0 aliphatic heterocycles. The summed E-state index contributed by atoms with van der Waals surface area (Å²) >= 11 is 0. The lowest BCUT2D eigenvalue weighted by molar-refractivity contribution is -0.143. The fourth-order valence-electron chi connectivity index (χ4n) is 0.964. The van der Waals surface area contributed by atoms with E-state index in [9.17, 15) is 4.79 Å². The van der Waals surface area contributed by atoms with Crippen molar-refractivity contribution in [3.8, 4) is 0 Å². The molecule has 1 aromatic rings. The van der Waals surface area contributed by atoms with E-state index < -0.39 is 0 Å². The molecule has 1 heterocycles. The van der Waals surface area contributed by atoms with Crippen molar-refractivity contribution in [1.82, 2.24) is 4.98 Å². The summed E-state index contributed by atoms with van der Waals surface area (Å²) in [6, 6.07) is 3.63. The van der Waals surface area contributed by atoms with E-state index in [0.717, 1.165) is 5.56 Å². The zero-order chi connectivity index (χ0) is 10.6. The lowest BCUT2D eigenvalue weighted by Crippen LogP contribution is -2.09. The third kappa shape index (κ3) is 2.69. The lowest BCUT2D eigenvalue weighted by atomic mass is 10.2. The number of pyridine rings is 1. The molecular formula is C11H13NO2. The van der Waals surface area contributed by atoms with Crippen LogP contribution in [-0.4, -0.2) is 11.0 Å². The van der Waals surface area contributed by atoms with Crippen LogP contribution < -0.4 is 0 Å². The number of aromatic nitrogens is 1. The Kier molecular flexibility index (Phi) is 3.40. The zero-order valence-electron chi connectivity index (χ0n) is 8.36. The van der Waals surface area contributed by atoms with E-state index in [1.165, 1.54) is 0 Å². The van der Waals surface area contributed by atoms with Gasteiger partial charge in [0.15, 0.2) is 0 Å². The van der Waals surface area contributed by atoms with Crippen LogP contribution in [0, 0.1) is 0 Å². The Balaban J connectivity index is 2.64. The topological polar surface area (TPSA) is 39.2 Å². The molecular weight excluding hydrogens is 178 g/mol. The average molecular weight is 191 g/mol. The van der Waals surface area contributed by atoms with Crippen LogP contribution in [0.4, 0.5) is 0 Å². The summed E-state index contributed by atoms with van der Waals surface area (Å²) in [4.78, 5) is 15.1. The van der Waals surface area contributed by atoms with Gasteiger partial charge in [0.25, 0.3) is 0 Å². The summed E-state index contributed by atoms with van der Waals surface area (Å²) in [5, 5.41) is 0. The highest BCUT2D eigenvalue weighted by atomic mass is 16.5. The quantitative estimate of drug-likeness (QED) is 0.543. The molecule has 0 aliphatic rings. The van der Waals surface area contributed by atoms with Gasteiger partial charge in [0, 0.05) is 18.0 Å². The van der Waals surface area contributed by atoms with Crippen molar-refractivity contribution in [2.75, 3.05) is 0 Å². The molecule has 0 bridgehead atoms. The zero-order valence-corrected chi connectivity index (χ0v) is 8.36. The molecule has 1 unspecified atom stereocenters. The molecule has 0 fully saturated rings. The molecule has 0 N–H and O–H groups in total. The number of esters is 1. The summed E-state index contributed by atoms with van der Waals surface area (Å²) in [6.07, 6.45) is 3.07. The summed E-state index contributed by atoms with van der Waals surface area (Å²) in [6.45, 7) is 6.96. The molecule has 0 aliphatic carbocycles. The smallest absolute Gasteiger partial charge is 0.333 e. The van der Waals surface area contributed by atoms with E-state index in [4.69, 9.17) is 4.74 Å². The molecule has 14 heavy (non-hydrogen) atoms. The molecule has 3 heteroatoms. The Morgan fingerprint density at radius 1 is 1.50 bits per heavy atom. The van der Waals surface area contributed by atoms with Crippen molar-refractivity contribution in [1.29, 1.82) is 0 Å². The van der Waals surface area contributed by atoms with Crippen LogP contribution >= 0.6 is 0 Å². The number of nitrogens with zero attached hydrogens (tertiary/aromatic N) is 1. The number of rotatable bonds is 3. The first kappa shape index (κ1) is 10.4. The second-order valence-electron chi connectivity index (χ2n) is 3.11. The molecule has 0 spiro atoms. The van der Waals surface area contributed by atoms with E-state index in [1.54, 1.807) is 19.3 Å². The molecule has 0 saturated heterocycles. The van der Waals surface area contributed by atoms with Gasteiger partial charge in [-0.05, 0) is 31.5 Å². The Morgan fingerprint density at radius 3 is 2.57 bits per heavy atom. The monoisotopic (exact) mass is 191 g/mol. The number of carbonyl (C=O) groups excluding carboxylic acids is 1. The fraction of sp³-hybridized carbons (Fsp3) is 0.273. The molecule has 0 saturated carbocycles. The van der Waals surface area contributed by atoms with Gasteiger partial charge in [0.05, 0.1) is 0 Å². The molecule has 1 atom stereocenters. The van der Waals surface area contributed by atoms with Gasteiger partial charge in [-0.15, -0.1) is 0 Å². The van der Waals surface area contributed by atoms with Crippen molar-refractivity contribution in [3.05, 3.63) is 42.2 Å². The Labute approximate surface area is 83.4 Å². The summed E-state index contributed by atoms with van der Waals surface area (Å²) in [5.41, 5.74) is 1.33. The van der Waals surface area contributed by atoms with Crippen LogP contribution in [0.25, 0.3) is 0 Å². The van der Waals surface area contributed by atoms with Crippen LogP contribution in [-0.2, 0) is 9.53 Å². The second kappa shape index (κ2) is 4.56. The van der Waals surface area contributed by atoms with Crippen LogP contribution in [0.15, 0.2) is 36.7 Å². The third-order valence-corrected chi connectivity index (χ3v) is 1.81. The van der Waals surface area contributed by atoms with Gasteiger partial charge in [-0.1, -0.05) is 6.58 Å². The summed E-state index contributed by atoms with van der Waals surface area (Å²) in [7, 11) is 0. The van der Waals surface area contributed by atoms with Crippen molar-refractivity contribution in [2.24, 2.45) is 0 Å². The van der Waals surface area contributed by atoms with Gasteiger partial charge >= 0.3 is 5.97 Å². The summed E-state index contributed by atoms with van der Waals surface area (Å²) < 4.78 is 5.13. The van der Waals surface area contributed by atoms with Crippen molar-refractivity contribution in [3.63, 3.8) is 0 Å². The van der Waals surface area contributed by atoms with Crippen LogP contribution in [0.3, 0.4) is 0 Å². The van der Waals surface area contributed by atoms with Crippen LogP contribution in [0.1, 0.15) is 25.5 Å². The first-order valence-electron chi connectivity index (χ1n) is 4.37. The molecule has 1 aromatic heterocycles. The highest BCUT2D eigenvalue weighted by Crippen LogP contribution is 2.16. The minimum absolute atomic E-state index is 0.262. The first-order chi connectivity index (χ1) is 6.61. The first-order valence-corrected chi connectivity index (χ1v) is 4.37. The summed E-state index contributed by atoms with van der Waals surface area (Å²) in [5.74, 6) is -0.366. The largest absolute Gasteiger partial charge is 0.454 e. The molecule has 0 radical (unpaired) electrons. The van der Waals surface area contributed by atoms with Crippen LogP contribution in [0.2, 0.25) is 0 Å². The van der Waals surface area contributed by atoms with E-state index in [-0.39, 0.29) is 12.1 Å². The Morgan fingerprint density at radius 2 is 2.07 bits per heavy atom. The maximum absolute atomic E-state index is 11.2. The number of hydrogen-bond acceptors (Lipinski definition) is 3. The van der Waals surface area contributed by atoms with E-state index >= 15 is 0 Å². The highest BCUT2D eigenvalue weighted by molar-refractivity contribution is 5.87. The second-order valence-corrected chi connectivity index (χ2v) is 3.11. The van der Waals surface area contributed by atoms with Gasteiger partial charge in [0.2, 0.25) is 0 Å². The van der Waals surface area contributed by atoms with Crippen molar-refractivity contribution < 1.29 is 9.53 Å². The SMILES string of the molecule is C=C(C)C(=O)OC(C)c1ccncc1. The maximum atomic E-state index is 11.2. The normalized spacial score (nSPS) is 11.9. The number of carbonyl (C=O) groups is 1. The van der Waals surface area contributed by atoms with Crippen LogP contribution in [0.5, 0.6) is 0 Å². The predicted molar refractivity (Wildman–Crippen MR) is 53.6 cm³/mol. The van der Waals surface area contributed by atoms with Gasteiger partial charge in [-0.2, -0.15) is 0 Å². The standard InChI is InChI=1S/C11H13NO2/c1-8(2)11(13)14-9(3)10-4-6-12-7-5-10/h4-7,9H,1H2,2-3H3. The average Bonchev–Trinajstić information content (AvgIpc) is 2.19. The number of ether oxygens (including phenoxy) is 1. The van der Waals surface area contributed by atoms with Gasteiger partial charge in [-0.25, -0.2) is 4.79 Å². The minimum Gasteiger partial charge on any atom is -0.454 e. The van der Waals surface area contributed by atoms with E-state index in [0.29, 0.717) is 5.57 Å². The molecule has 3 nitrogen and oxygen atoms in total. The van der Waals surface area contributed by atoms with E-state index in [2.05, 4.69) is 11.6 Å². The van der Waals surface area contributed by atoms with Gasteiger partial charge < -0.3 is 4.74 Å². The molecule has 0 amide bonds. The molecule has 74 valence electrons. The highest BCUT2D eigenvalue weighted by Gasteiger charge is 2.11. The van der Waals surface area contributed by atoms with Crippen molar-refractivity contribution >= 4 is 5.97 Å². The fourth-order valence-corrected chi connectivity index (χ4v) is 0.964. The van der Waals surface area contributed by atoms with Gasteiger partial charge in [-0.3, -0.25) is 4.98 Å².